The van der Waals surface area contributed by atoms with Crippen molar-refractivity contribution in [1.82, 2.24) is 4.90 Å². The highest BCUT2D eigenvalue weighted by molar-refractivity contribution is 6.02. The third kappa shape index (κ3) is 4.36. The maximum absolute atomic E-state index is 13.1. The first-order chi connectivity index (χ1) is 13.5. The molecule has 0 spiro atoms. The van der Waals surface area contributed by atoms with Crippen LogP contribution >= 0.6 is 0 Å². The van der Waals surface area contributed by atoms with Gasteiger partial charge < -0.3 is 15.0 Å². The molecule has 1 heterocycles. The number of amides is 2. The average Bonchev–Trinajstić information content (AvgIpc) is 2.73. The number of ether oxygens (including phenoxy) is 1. The quantitative estimate of drug-likeness (QED) is 0.822. The minimum absolute atomic E-state index is 0.229. The van der Waals surface area contributed by atoms with E-state index in [1.807, 2.05) is 0 Å². The fourth-order valence-corrected chi connectivity index (χ4v) is 3.27. The molecular weight excluding hydrogens is 363 g/mol. The van der Waals surface area contributed by atoms with Gasteiger partial charge in [-0.05, 0) is 49.2 Å². The maximum Gasteiger partial charge on any atom is 0.339 e. The van der Waals surface area contributed by atoms with Gasteiger partial charge in [0.1, 0.15) is 5.82 Å². The van der Waals surface area contributed by atoms with Crippen LogP contribution in [0.4, 0.5) is 10.1 Å². The Labute approximate surface area is 162 Å². The molecule has 1 aliphatic rings. The highest BCUT2D eigenvalue weighted by atomic mass is 19.1. The van der Waals surface area contributed by atoms with Crippen LogP contribution in [0.3, 0.4) is 0 Å². The Kier molecular flexibility index (Phi) is 6.03. The van der Waals surface area contributed by atoms with Crippen LogP contribution in [0, 0.1) is 11.7 Å². The van der Waals surface area contributed by atoms with Gasteiger partial charge in [0.25, 0.3) is 5.91 Å². The molecule has 6 nitrogen and oxygen atoms in total. The van der Waals surface area contributed by atoms with Gasteiger partial charge in [0, 0.05) is 18.7 Å². The molecule has 1 fully saturated rings. The molecule has 1 aliphatic heterocycles. The van der Waals surface area contributed by atoms with E-state index < -0.39 is 17.7 Å². The van der Waals surface area contributed by atoms with Crippen molar-refractivity contribution in [2.45, 2.75) is 12.8 Å². The zero-order valence-electron chi connectivity index (χ0n) is 15.5. The van der Waals surface area contributed by atoms with Crippen molar-refractivity contribution < 1.29 is 23.5 Å². The second-order valence-corrected chi connectivity index (χ2v) is 6.62. The van der Waals surface area contributed by atoms with Gasteiger partial charge in [0.15, 0.2) is 0 Å². The van der Waals surface area contributed by atoms with Crippen molar-refractivity contribution in [3.05, 3.63) is 65.5 Å². The van der Waals surface area contributed by atoms with E-state index in [2.05, 4.69) is 5.32 Å². The highest BCUT2D eigenvalue weighted by Gasteiger charge is 2.29. The van der Waals surface area contributed by atoms with Crippen molar-refractivity contribution in [3.8, 4) is 0 Å². The molecule has 1 N–H and O–H groups in total. The number of benzene rings is 2. The minimum Gasteiger partial charge on any atom is -0.465 e. The molecule has 28 heavy (non-hydrogen) atoms. The van der Waals surface area contributed by atoms with Crippen molar-refractivity contribution in [2.75, 3.05) is 25.5 Å². The van der Waals surface area contributed by atoms with E-state index in [4.69, 9.17) is 4.74 Å². The van der Waals surface area contributed by atoms with Gasteiger partial charge in [0.2, 0.25) is 5.91 Å². The summed E-state index contributed by atoms with van der Waals surface area (Å²) in [5.74, 6) is -1.83. The molecule has 1 saturated heterocycles. The molecule has 0 bridgehead atoms. The summed E-state index contributed by atoms with van der Waals surface area (Å²) in [5, 5.41) is 2.77. The van der Waals surface area contributed by atoms with Crippen LogP contribution in [-0.2, 0) is 9.53 Å². The molecule has 0 saturated carbocycles. The number of halogens is 1. The van der Waals surface area contributed by atoms with Gasteiger partial charge in [-0.15, -0.1) is 0 Å². The van der Waals surface area contributed by atoms with Crippen LogP contribution < -0.4 is 5.32 Å². The third-order valence-corrected chi connectivity index (χ3v) is 4.76. The normalized spacial score (nSPS) is 16.4. The summed E-state index contributed by atoms with van der Waals surface area (Å²) in [6.07, 6.45) is 1.32. The SMILES string of the molecule is COC(=O)c1ccccc1NC(=O)C1CCCN(C(=O)c2ccc(F)cc2)C1. The monoisotopic (exact) mass is 384 g/mol. The van der Waals surface area contributed by atoms with Crippen LogP contribution in [0.5, 0.6) is 0 Å². The first-order valence-electron chi connectivity index (χ1n) is 9.02. The van der Waals surface area contributed by atoms with Crippen molar-refractivity contribution >= 4 is 23.5 Å². The first kappa shape index (κ1) is 19.5. The molecule has 0 aromatic heterocycles. The Bertz CT molecular complexity index is 882. The number of methoxy groups -OCH3 is 1. The lowest BCUT2D eigenvalue weighted by Gasteiger charge is -2.32. The van der Waals surface area contributed by atoms with E-state index >= 15 is 0 Å². The molecule has 146 valence electrons. The Morgan fingerprint density at radius 1 is 1.11 bits per heavy atom. The summed E-state index contributed by atoms with van der Waals surface area (Å²) in [5.41, 5.74) is 1.04. The van der Waals surface area contributed by atoms with Crippen LogP contribution in [-0.4, -0.2) is 42.9 Å². The molecule has 3 rings (SSSR count). The Balaban J connectivity index is 1.69. The van der Waals surface area contributed by atoms with Gasteiger partial charge in [-0.2, -0.15) is 0 Å². The molecule has 0 radical (unpaired) electrons. The zero-order chi connectivity index (χ0) is 20.1. The second-order valence-electron chi connectivity index (χ2n) is 6.62. The van der Waals surface area contributed by atoms with Gasteiger partial charge in [0.05, 0.1) is 24.3 Å². The smallest absolute Gasteiger partial charge is 0.339 e. The van der Waals surface area contributed by atoms with E-state index in [0.29, 0.717) is 30.6 Å². The number of anilines is 1. The topological polar surface area (TPSA) is 75.7 Å². The first-order valence-corrected chi connectivity index (χ1v) is 9.02. The number of nitrogens with zero attached hydrogens (tertiary/aromatic N) is 1. The lowest BCUT2D eigenvalue weighted by Crippen LogP contribution is -2.43. The van der Waals surface area contributed by atoms with Gasteiger partial charge in [-0.1, -0.05) is 12.1 Å². The van der Waals surface area contributed by atoms with Crippen molar-refractivity contribution in [2.24, 2.45) is 5.92 Å². The largest absolute Gasteiger partial charge is 0.465 e. The number of likely N-dealkylation sites (tertiary alicyclic amines) is 1. The number of carbonyl (C=O) groups excluding carboxylic acids is 3. The van der Waals surface area contributed by atoms with Gasteiger partial charge in [-0.25, -0.2) is 9.18 Å². The molecule has 0 aliphatic carbocycles. The summed E-state index contributed by atoms with van der Waals surface area (Å²) in [4.78, 5) is 38.8. The van der Waals surface area contributed by atoms with Gasteiger partial charge >= 0.3 is 5.97 Å². The van der Waals surface area contributed by atoms with E-state index in [-0.39, 0.29) is 23.9 Å². The number of esters is 1. The molecular formula is C21H21FN2O4. The van der Waals surface area contributed by atoms with Crippen molar-refractivity contribution in [1.29, 1.82) is 0 Å². The number of hydrogen-bond donors (Lipinski definition) is 1. The summed E-state index contributed by atoms with van der Waals surface area (Å²) >= 11 is 0. The second kappa shape index (κ2) is 8.65. The Hall–Kier alpha value is -3.22. The van der Waals surface area contributed by atoms with Crippen LogP contribution in [0.25, 0.3) is 0 Å². The molecule has 2 aromatic carbocycles. The van der Waals surface area contributed by atoms with E-state index in [1.165, 1.54) is 31.4 Å². The summed E-state index contributed by atoms with van der Waals surface area (Å²) in [6, 6.07) is 12.0. The molecule has 2 aromatic rings. The Morgan fingerprint density at radius 2 is 1.82 bits per heavy atom. The number of piperidine rings is 1. The predicted molar refractivity (Wildman–Crippen MR) is 101 cm³/mol. The molecule has 1 unspecified atom stereocenters. The van der Waals surface area contributed by atoms with E-state index in [9.17, 15) is 18.8 Å². The number of para-hydroxylation sites is 1. The van der Waals surface area contributed by atoms with Crippen LogP contribution in [0.2, 0.25) is 0 Å². The molecule has 2 amide bonds. The lowest BCUT2D eigenvalue weighted by molar-refractivity contribution is -0.121. The van der Waals surface area contributed by atoms with E-state index in [0.717, 1.165) is 0 Å². The summed E-state index contributed by atoms with van der Waals surface area (Å²) in [7, 11) is 1.28. The summed E-state index contributed by atoms with van der Waals surface area (Å²) < 4.78 is 17.8. The number of rotatable bonds is 4. The fraction of sp³-hybridized carbons (Fsp3) is 0.286. The maximum atomic E-state index is 13.1. The molecule has 1 atom stereocenters. The number of nitrogens with one attached hydrogen (secondary N) is 1. The standard InChI is InChI=1S/C21H21FN2O4/c1-28-21(27)17-6-2-3-7-18(17)23-19(25)15-5-4-12-24(13-15)20(26)14-8-10-16(22)11-9-14/h2-3,6-11,15H,4-5,12-13H2,1H3,(H,23,25). The Morgan fingerprint density at radius 3 is 2.54 bits per heavy atom. The average molecular weight is 384 g/mol. The fourth-order valence-electron chi connectivity index (χ4n) is 3.27. The zero-order valence-corrected chi connectivity index (χ0v) is 15.5. The highest BCUT2D eigenvalue weighted by Crippen LogP contribution is 2.22. The summed E-state index contributed by atoms with van der Waals surface area (Å²) in [6.45, 7) is 0.807. The van der Waals surface area contributed by atoms with Crippen LogP contribution in [0.15, 0.2) is 48.5 Å². The van der Waals surface area contributed by atoms with E-state index in [1.54, 1.807) is 29.2 Å². The third-order valence-electron chi connectivity index (χ3n) is 4.76. The minimum atomic E-state index is -0.535. The van der Waals surface area contributed by atoms with Crippen molar-refractivity contribution in [3.63, 3.8) is 0 Å². The number of carbonyl (C=O) groups is 3. The molecule has 7 heteroatoms. The van der Waals surface area contributed by atoms with Crippen LogP contribution in [0.1, 0.15) is 33.6 Å². The number of hydrogen-bond acceptors (Lipinski definition) is 4. The predicted octanol–water partition coefficient (Wildman–Crippen LogP) is 3.10. The van der Waals surface area contributed by atoms with Gasteiger partial charge in [-0.3, -0.25) is 9.59 Å². The lowest BCUT2D eigenvalue weighted by atomic mass is 9.96.